The van der Waals surface area contributed by atoms with Crippen LogP contribution >= 0.6 is 11.8 Å². The fourth-order valence-corrected chi connectivity index (χ4v) is 4.35. The van der Waals surface area contributed by atoms with Crippen molar-refractivity contribution in [2.45, 2.75) is 32.0 Å². The van der Waals surface area contributed by atoms with Crippen LogP contribution in [0.2, 0.25) is 0 Å². The summed E-state index contributed by atoms with van der Waals surface area (Å²) in [5.41, 5.74) is 1.44. The second kappa shape index (κ2) is 12.0. The Morgan fingerprint density at radius 2 is 1.95 bits per heavy atom. The normalized spacial score (nSPS) is 14.9. The number of carbonyl (C=O) groups excluding carboxylic acids is 2. The molecule has 208 valence electrons. The van der Waals surface area contributed by atoms with Gasteiger partial charge in [0.25, 0.3) is 5.91 Å². The molecule has 1 aliphatic rings. The van der Waals surface area contributed by atoms with Gasteiger partial charge in [0.2, 0.25) is 5.91 Å². The zero-order chi connectivity index (χ0) is 28.2. The first-order valence-electron chi connectivity index (χ1n) is 11.9. The van der Waals surface area contributed by atoms with E-state index in [1.807, 2.05) is 0 Å². The fourth-order valence-electron chi connectivity index (χ4n) is 4.01. The highest BCUT2D eigenvalue weighted by Crippen LogP contribution is 2.29. The van der Waals surface area contributed by atoms with Gasteiger partial charge in [0.05, 0.1) is 23.7 Å². The molecule has 8 nitrogen and oxygen atoms in total. The van der Waals surface area contributed by atoms with Gasteiger partial charge >= 0.3 is 6.18 Å². The summed E-state index contributed by atoms with van der Waals surface area (Å²) in [6.45, 7) is 0.374. The van der Waals surface area contributed by atoms with Crippen LogP contribution < -0.4 is 20.1 Å². The van der Waals surface area contributed by atoms with Gasteiger partial charge in [-0.15, -0.1) is 0 Å². The van der Waals surface area contributed by atoms with Crippen molar-refractivity contribution in [3.8, 4) is 17.2 Å². The first-order chi connectivity index (χ1) is 18.5. The summed E-state index contributed by atoms with van der Waals surface area (Å²) in [7, 11) is 0. The maximum atomic E-state index is 14.3. The van der Waals surface area contributed by atoms with Gasteiger partial charge in [0, 0.05) is 24.9 Å². The van der Waals surface area contributed by atoms with E-state index in [1.54, 1.807) is 31.4 Å². The number of nitrogens with one attached hydrogen (secondary N) is 2. The number of halogens is 4. The van der Waals surface area contributed by atoms with Crippen molar-refractivity contribution in [3.05, 3.63) is 65.1 Å². The molecule has 3 aromatic rings. The van der Waals surface area contributed by atoms with Crippen molar-refractivity contribution in [2.75, 3.05) is 30.5 Å². The van der Waals surface area contributed by atoms with Crippen molar-refractivity contribution < 1.29 is 36.6 Å². The third-order valence-corrected chi connectivity index (χ3v) is 6.39. The lowest BCUT2D eigenvalue weighted by molar-refractivity contribution is -0.153. The molecular weight excluding hydrogens is 540 g/mol. The van der Waals surface area contributed by atoms with E-state index in [0.29, 0.717) is 35.5 Å². The van der Waals surface area contributed by atoms with Gasteiger partial charge in [-0.3, -0.25) is 9.59 Å². The van der Waals surface area contributed by atoms with Crippen molar-refractivity contribution in [3.63, 3.8) is 0 Å². The number of fused-ring (bicyclic) bond motifs is 1. The van der Waals surface area contributed by atoms with E-state index in [2.05, 4.69) is 15.7 Å². The Labute approximate surface area is 226 Å². The predicted molar refractivity (Wildman–Crippen MR) is 138 cm³/mol. The molecule has 2 N–H and O–H groups in total. The number of anilines is 1. The van der Waals surface area contributed by atoms with E-state index >= 15 is 0 Å². The molecule has 39 heavy (non-hydrogen) atoms. The topological polar surface area (TPSA) is 94.5 Å². The Bertz CT molecular complexity index is 1360. The molecule has 2 heterocycles. The Balaban J connectivity index is 1.48. The lowest BCUT2D eigenvalue weighted by Crippen LogP contribution is -2.42. The summed E-state index contributed by atoms with van der Waals surface area (Å²) in [5, 5.41) is 10.2. The van der Waals surface area contributed by atoms with Crippen LogP contribution in [0, 0.1) is 12.7 Å². The maximum absolute atomic E-state index is 14.3. The molecule has 2 amide bonds. The van der Waals surface area contributed by atoms with Crippen molar-refractivity contribution >= 4 is 29.4 Å². The van der Waals surface area contributed by atoms with Gasteiger partial charge in [-0.05, 0) is 43.0 Å². The Hall–Kier alpha value is -3.74. The highest BCUT2D eigenvalue weighted by Gasteiger charge is 2.33. The van der Waals surface area contributed by atoms with E-state index in [9.17, 15) is 27.2 Å². The number of ether oxygens (including phenoxy) is 2. The number of benzene rings is 2. The molecule has 1 atom stereocenters. The Morgan fingerprint density at radius 1 is 1.21 bits per heavy atom. The number of amides is 2. The van der Waals surface area contributed by atoms with Crippen LogP contribution in [0.15, 0.2) is 42.5 Å². The molecule has 4 rings (SSSR count). The summed E-state index contributed by atoms with van der Waals surface area (Å²) in [4.78, 5) is 25.5. The maximum Gasteiger partial charge on any atom is 0.422 e. The standard InChI is InChI=1S/C26H26F4N4O4S/c1-15-6-7-17(11-20(15)27)34-24(32-22(35)13-39-2)23-21(33-34)10-16(31-25(23)36)8-9-37-18-4-3-5-19(12-18)38-14-26(28,29)30/h3-7,11-12,16H,8-10,13-14H2,1-2H3,(H,31,36)(H,32,35). The summed E-state index contributed by atoms with van der Waals surface area (Å²) in [6, 6.07) is 10.0. The zero-order valence-corrected chi connectivity index (χ0v) is 21.9. The van der Waals surface area contributed by atoms with Crippen molar-refractivity contribution in [2.24, 2.45) is 0 Å². The molecule has 0 fully saturated rings. The SMILES string of the molecule is CSCC(=O)Nc1c2c(nn1-c1ccc(C)c(F)c1)CC(CCOc1cccc(OCC(F)(F)F)c1)NC2=O. The monoisotopic (exact) mass is 566 g/mol. The lowest BCUT2D eigenvalue weighted by atomic mass is 9.99. The van der Waals surface area contributed by atoms with Crippen LogP contribution in [-0.2, 0) is 11.2 Å². The van der Waals surface area contributed by atoms with E-state index in [4.69, 9.17) is 9.47 Å². The molecule has 1 unspecified atom stereocenters. The molecule has 0 saturated heterocycles. The Kier molecular flexibility index (Phi) is 8.68. The minimum atomic E-state index is -4.45. The van der Waals surface area contributed by atoms with E-state index in [0.717, 1.165) is 0 Å². The molecule has 0 radical (unpaired) electrons. The molecule has 0 bridgehead atoms. The van der Waals surface area contributed by atoms with Gasteiger partial charge in [-0.25, -0.2) is 9.07 Å². The molecule has 1 aromatic heterocycles. The first-order valence-corrected chi connectivity index (χ1v) is 13.3. The number of hydrogen-bond acceptors (Lipinski definition) is 6. The average molecular weight is 567 g/mol. The smallest absolute Gasteiger partial charge is 0.422 e. The van der Waals surface area contributed by atoms with Crippen LogP contribution in [0.5, 0.6) is 11.5 Å². The van der Waals surface area contributed by atoms with E-state index < -0.39 is 24.5 Å². The third kappa shape index (κ3) is 7.22. The van der Waals surface area contributed by atoms with Crippen LogP contribution in [0.25, 0.3) is 5.69 Å². The molecule has 13 heteroatoms. The van der Waals surface area contributed by atoms with Crippen LogP contribution in [0.4, 0.5) is 23.4 Å². The van der Waals surface area contributed by atoms with Crippen molar-refractivity contribution in [1.82, 2.24) is 15.1 Å². The highest BCUT2D eigenvalue weighted by atomic mass is 32.2. The minimum Gasteiger partial charge on any atom is -0.493 e. The number of thioether (sulfide) groups is 1. The van der Waals surface area contributed by atoms with Crippen LogP contribution in [0.1, 0.15) is 28.0 Å². The van der Waals surface area contributed by atoms with Crippen LogP contribution in [0.3, 0.4) is 0 Å². The zero-order valence-electron chi connectivity index (χ0n) is 21.1. The van der Waals surface area contributed by atoms with Crippen LogP contribution in [-0.4, -0.2) is 59.0 Å². The molecule has 0 aliphatic carbocycles. The molecular formula is C26H26F4N4O4S. The summed E-state index contributed by atoms with van der Waals surface area (Å²) < 4.78 is 63.3. The van der Waals surface area contributed by atoms with Gasteiger partial charge in [0.15, 0.2) is 6.61 Å². The number of carbonyl (C=O) groups is 2. The third-order valence-electron chi connectivity index (χ3n) is 5.84. The summed E-state index contributed by atoms with van der Waals surface area (Å²) in [5.74, 6) is -0.556. The van der Waals surface area contributed by atoms with Crippen molar-refractivity contribution in [1.29, 1.82) is 0 Å². The second-order valence-corrected chi connectivity index (χ2v) is 9.75. The largest absolute Gasteiger partial charge is 0.493 e. The summed E-state index contributed by atoms with van der Waals surface area (Å²) in [6.07, 6.45) is -1.98. The fraction of sp³-hybridized carbons (Fsp3) is 0.346. The molecule has 0 saturated carbocycles. The van der Waals surface area contributed by atoms with Gasteiger partial charge in [-0.1, -0.05) is 12.1 Å². The number of rotatable bonds is 10. The number of alkyl halides is 3. The van der Waals surface area contributed by atoms with Gasteiger partial charge in [-0.2, -0.15) is 30.0 Å². The van der Waals surface area contributed by atoms with Gasteiger partial charge < -0.3 is 20.1 Å². The average Bonchev–Trinajstić information content (AvgIpc) is 3.23. The van der Waals surface area contributed by atoms with Gasteiger partial charge in [0.1, 0.15) is 28.7 Å². The van der Waals surface area contributed by atoms with E-state index in [1.165, 1.54) is 40.7 Å². The number of aryl methyl sites for hydroxylation is 1. The summed E-state index contributed by atoms with van der Waals surface area (Å²) >= 11 is 1.31. The Morgan fingerprint density at radius 3 is 2.64 bits per heavy atom. The molecule has 1 aliphatic heterocycles. The lowest BCUT2D eigenvalue weighted by Gasteiger charge is -2.23. The molecule has 2 aromatic carbocycles. The highest BCUT2D eigenvalue weighted by molar-refractivity contribution is 7.99. The first kappa shape index (κ1) is 28.3. The molecule has 0 spiro atoms. The predicted octanol–water partition coefficient (Wildman–Crippen LogP) is 4.69. The number of hydrogen-bond donors (Lipinski definition) is 2. The van der Waals surface area contributed by atoms with E-state index in [-0.39, 0.29) is 41.4 Å². The number of nitrogens with zero attached hydrogens (tertiary/aromatic N) is 2. The number of aromatic nitrogens is 2. The second-order valence-electron chi connectivity index (χ2n) is 8.89. The quantitative estimate of drug-likeness (QED) is 0.346. The minimum absolute atomic E-state index is 0.0227.